The SMILES string of the molecule is CCN(CC(=O)O)C1CC(NC(=O)c2cccc(Cl)c2[N+](=O)[O-])C1. The van der Waals surface area contributed by atoms with Crippen molar-refractivity contribution in [3.63, 3.8) is 0 Å². The van der Waals surface area contributed by atoms with E-state index in [0.717, 1.165) is 0 Å². The van der Waals surface area contributed by atoms with Crippen molar-refractivity contribution in [3.05, 3.63) is 38.9 Å². The average Bonchev–Trinajstić information content (AvgIpc) is 2.47. The number of likely N-dealkylation sites (N-methyl/N-ethyl adjacent to an activating group) is 1. The van der Waals surface area contributed by atoms with E-state index in [1.807, 2.05) is 11.8 Å². The highest BCUT2D eigenvalue weighted by atomic mass is 35.5. The van der Waals surface area contributed by atoms with Gasteiger partial charge in [0.2, 0.25) is 0 Å². The minimum absolute atomic E-state index is 0.0401. The summed E-state index contributed by atoms with van der Waals surface area (Å²) in [6.07, 6.45) is 1.22. The first-order valence-corrected chi connectivity index (χ1v) is 7.90. The van der Waals surface area contributed by atoms with Crippen LogP contribution >= 0.6 is 11.6 Å². The molecule has 0 aliphatic heterocycles. The number of hydrogen-bond donors (Lipinski definition) is 2. The summed E-state index contributed by atoms with van der Waals surface area (Å²) in [5, 5.41) is 22.6. The number of nitrogens with zero attached hydrogens (tertiary/aromatic N) is 2. The van der Waals surface area contributed by atoms with Crippen LogP contribution < -0.4 is 5.32 Å². The van der Waals surface area contributed by atoms with Crippen LogP contribution in [0.5, 0.6) is 0 Å². The van der Waals surface area contributed by atoms with Gasteiger partial charge in [0.25, 0.3) is 5.91 Å². The van der Waals surface area contributed by atoms with Crippen LogP contribution in [0.4, 0.5) is 5.69 Å². The quantitative estimate of drug-likeness (QED) is 0.570. The van der Waals surface area contributed by atoms with Gasteiger partial charge in [-0.05, 0) is 31.5 Å². The van der Waals surface area contributed by atoms with Gasteiger partial charge in [-0.15, -0.1) is 0 Å². The summed E-state index contributed by atoms with van der Waals surface area (Å²) in [7, 11) is 0. The lowest BCUT2D eigenvalue weighted by molar-refractivity contribution is -0.385. The van der Waals surface area contributed by atoms with Crippen LogP contribution in [0, 0.1) is 10.1 Å². The Morgan fingerprint density at radius 2 is 2.12 bits per heavy atom. The molecule has 0 saturated heterocycles. The first kappa shape index (κ1) is 18.2. The number of carboxylic acid groups (broad SMARTS) is 1. The number of amides is 1. The highest BCUT2D eigenvalue weighted by Gasteiger charge is 2.35. The smallest absolute Gasteiger partial charge is 0.317 e. The highest BCUT2D eigenvalue weighted by Crippen LogP contribution is 2.30. The molecule has 0 aromatic heterocycles. The first-order chi connectivity index (χ1) is 11.3. The van der Waals surface area contributed by atoms with E-state index < -0.39 is 22.5 Å². The van der Waals surface area contributed by atoms with Crippen LogP contribution in [-0.2, 0) is 4.79 Å². The monoisotopic (exact) mass is 355 g/mol. The number of rotatable bonds is 7. The summed E-state index contributed by atoms with van der Waals surface area (Å²) < 4.78 is 0. The molecule has 1 aromatic carbocycles. The number of carbonyl (C=O) groups is 2. The molecule has 1 amide bonds. The van der Waals surface area contributed by atoms with E-state index >= 15 is 0 Å². The number of nitro groups is 1. The summed E-state index contributed by atoms with van der Waals surface area (Å²) in [5.41, 5.74) is -0.484. The Labute approximate surface area is 143 Å². The second kappa shape index (κ2) is 7.59. The Bertz CT molecular complexity index is 661. The molecule has 24 heavy (non-hydrogen) atoms. The normalized spacial score (nSPS) is 19.6. The standard InChI is InChI=1S/C15H18ClN3O5/c1-2-18(8-13(20)21)10-6-9(7-10)17-15(22)11-4-3-5-12(16)14(11)19(23)24/h3-5,9-10H,2,6-8H2,1H3,(H,17,22)(H,20,21). The fourth-order valence-electron chi connectivity index (χ4n) is 2.82. The molecular formula is C15H18ClN3O5. The largest absolute Gasteiger partial charge is 0.480 e. The van der Waals surface area contributed by atoms with Crippen molar-refractivity contribution < 1.29 is 19.6 Å². The Morgan fingerprint density at radius 3 is 2.67 bits per heavy atom. The molecule has 0 heterocycles. The molecule has 0 atom stereocenters. The molecule has 1 fully saturated rings. The summed E-state index contributed by atoms with van der Waals surface area (Å²) in [5.74, 6) is -1.44. The van der Waals surface area contributed by atoms with Crippen LogP contribution in [0.15, 0.2) is 18.2 Å². The zero-order valence-electron chi connectivity index (χ0n) is 13.1. The van der Waals surface area contributed by atoms with Crippen molar-refractivity contribution in [2.24, 2.45) is 0 Å². The molecule has 0 radical (unpaired) electrons. The molecule has 1 aliphatic carbocycles. The van der Waals surface area contributed by atoms with E-state index in [2.05, 4.69) is 5.32 Å². The molecule has 130 valence electrons. The highest BCUT2D eigenvalue weighted by molar-refractivity contribution is 6.33. The van der Waals surface area contributed by atoms with Gasteiger partial charge in [0.05, 0.1) is 11.5 Å². The number of halogens is 1. The molecule has 1 aromatic rings. The van der Waals surface area contributed by atoms with E-state index in [0.29, 0.717) is 19.4 Å². The number of hydrogen-bond acceptors (Lipinski definition) is 5. The van der Waals surface area contributed by atoms with Crippen LogP contribution in [-0.4, -0.2) is 52.0 Å². The molecule has 0 bridgehead atoms. The fraction of sp³-hybridized carbons (Fsp3) is 0.467. The van der Waals surface area contributed by atoms with Crippen LogP contribution in [0.2, 0.25) is 5.02 Å². The molecule has 1 saturated carbocycles. The molecule has 0 unspecified atom stereocenters. The predicted molar refractivity (Wildman–Crippen MR) is 87.3 cm³/mol. The Balaban J connectivity index is 1.97. The van der Waals surface area contributed by atoms with Crippen molar-refractivity contribution in [1.82, 2.24) is 10.2 Å². The molecule has 1 aliphatic rings. The Hall–Kier alpha value is -2.19. The topological polar surface area (TPSA) is 113 Å². The van der Waals surface area contributed by atoms with E-state index in [9.17, 15) is 19.7 Å². The molecule has 9 heteroatoms. The minimum Gasteiger partial charge on any atom is -0.480 e. The van der Waals surface area contributed by atoms with Gasteiger partial charge in [-0.2, -0.15) is 0 Å². The van der Waals surface area contributed by atoms with Crippen LogP contribution in [0.1, 0.15) is 30.1 Å². The van der Waals surface area contributed by atoms with Gasteiger partial charge in [0.15, 0.2) is 0 Å². The van der Waals surface area contributed by atoms with E-state index in [4.69, 9.17) is 16.7 Å². The molecular weight excluding hydrogens is 338 g/mol. The lowest BCUT2D eigenvalue weighted by Gasteiger charge is -2.42. The second-order valence-corrected chi connectivity index (χ2v) is 6.05. The second-order valence-electron chi connectivity index (χ2n) is 5.65. The van der Waals surface area contributed by atoms with E-state index in [1.54, 1.807) is 0 Å². The molecule has 2 rings (SSSR count). The lowest BCUT2D eigenvalue weighted by Crippen LogP contribution is -2.54. The van der Waals surface area contributed by atoms with Gasteiger partial charge in [-0.1, -0.05) is 24.6 Å². The fourth-order valence-corrected chi connectivity index (χ4v) is 3.07. The maximum Gasteiger partial charge on any atom is 0.317 e. The summed E-state index contributed by atoms with van der Waals surface area (Å²) in [6.45, 7) is 2.45. The van der Waals surface area contributed by atoms with Crippen molar-refractivity contribution in [1.29, 1.82) is 0 Å². The maximum absolute atomic E-state index is 12.3. The number of carbonyl (C=O) groups excluding carboxylic acids is 1. The van der Waals surface area contributed by atoms with Crippen LogP contribution in [0.25, 0.3) is 0 Å². The number of nitro benzene ring substituents is 1. The van der Waals surface area contributed by atoms with Gasteiger partial charge in [-0.25, -0.2) is 0 Å². The zero-order valence-corrected chi connectivity index (χ0v) is 13.8. The van der Waals surface area contributed by atoms with Crippen molar-refractivity contribution in [2.45, 2.75) is 31.8 Å². The number of carboxylic acids is 1. The number of para-hydroxylation sites is 1. The summed E-state index contributed by atoms with van der Waals surface area (Å²) in [6, 6.07) is 4.16. The number of aliphatic carboxylic acids is 1. The van der Waals surface area contributed by atoms with Gasteiger partial charge in [0, 0.05) is 12.1 Å². The van der Waals surface area contributed by atoms with Gasteiger partial charge < -0.3 is 10.4 Å². The van der Waals surface area contributed by atoms with E-state index in [-0.39, 0.29) is 29.2 Å². The third-order valence-corrected chi connectivity index (χ3v) is 4.43. The zero-order chi connectivity index (χ0) is 17.9. The minimum atomic E-state index is -0.890. The van der Waals surface area contributed by atoms with Gasteiger partial charge >= 0.3 is 11.7 Å². The molecule has 2 N–H and O–H groups in total. The average molecular weight is 356 g/mol. The number of benzene rings is 1. The third kappa shape index (κ3) is 4.01. The predicted octanol–water partition coefficient (Wildman–Crippen LogP) is 1.92. The first-order valence-electron chi connectivity index (χ1n) is 7.53. The number of nitrogens with one attached hydrogen (secondary N) is 1. The van der Waals surface area contributed by atoms with E-state index in [1.165, 1.54) is 18.2 Å². The molecule has 8 nitrogen and oxygen atoms in total. The molecule has 0 spiro atoms. The third-order valence-electron chi connectivity index (χ3n) is 4.12. The van der Waals surface area contributed by atoms with Crippen molar-refractivity contribution in [2.75, 3.05) is 13.1 Å². The summed E-state index contributed by atoms with van der Waals surface area (Å²) >= 11 is 5.80. The Kier molecular flexibility index (Phi) is 5.74. The lowest BCUT2D eigenvalue weighted by atomic mass is 9.85. The van der Waals surface area contributed by atoms with Gasteiger partial charge in [-0.3, -0.25) is 24.6 Å². The van der Waals surface area contributed by atoms with Crippen molar-refractivity contribution in [3.8, 4) is 0 Å². The summed E-state index contributed by atoms with van der Waals surface area (Å²) in [4.78, 5) is 35.3. The Morgan fingerprint density at radius 1 is 1.46 bits per heavy atom. The van der Waals surface area contributed by atoms with Crippen molar-refractivity contribution >= 4 is 29.2 Å². The van der Waals surface area contributed by atoms with Gasteiger partial charge in [0.1, 0.15) is 10.6 Å². The van der Waals surface area contributed by atoms with Crippen LogP contribution in [0.3, 0.4) is 0 Å². The maximum atomic E-state index is 12.3.